The topological polar surface area (TPSA) is 61.9 Å². The van der Waals surface area contributed by atoms with Crippen LogP contribution in [0.4, 0.5) is 23.7 Å². The number of hydrogen-bond acceptors (Lipinski definition) is 4. The minimum Gasteiger partial charge on any atom is -0.449 e. The third-order valence-electron chi connectivity index (χ3n) is 4.06. The fourth-order valence-corrected chi connectivity index (χ4v) is 2.56. The first kappa shape index (κ1) is 20.9. The molecule has 0 aromatic heterocycles. The third kappa shape index (κ3) is 6.33. The molecular formula is C18H24F3N3O3. The molecule has 0 unspecified atom stereocenters. The highest BCUT2D eigenvalue weighted by Gasteiger charge is 2.30. The molecule has 0 atom stereocenters. The zero-order valence-corrected chi connectivity index (χ0v) is 15.4. The van der Waals surface area contributed by atoms with E-state index < -0.39 is 17.8 Å². The van der Waals surface area contributed by atoms with Crippen LogP contribution < -0.4 is 5.32 Å². The summed E-state index contributed by atoms with van der Waals surface area (Å²) in [5, 5.41) is 2.72. The van der Waals surface area contributed by atoms with Crippen LogP contribution in [0.5, 0.6) is 0 Å². The lowest BCUT2D eigenvalue weighted by molar-refractivity contribution is -0.137. The van der Waals surface area contributed by atoms with Crippen LogP contribution in [-0.4, -0.2) is 61.1 Å². The number of rotatable bonds is 5. The first-order chi connectivity index (χ1) is 12.7. The Labute approximate surface area is 156 Å². The number of nitrogens with zero attached hydrogens (tertiary/aromatic N) is 2. The average molecular weight is 387 g/mol. The zero-order chi connectivity index (χ0) is 20.0. The molecule has 0 spiro atoms. The quantitative estimate of drug-likeness (QED) is 0.844. The number of amides is 2. The number of piperazine rings is 1. The Kier molecular flexibility index (Phi) is 6.92. The van der Waals surface area contributed by atoms with Crippen molar-refractivity contribution in [3.8, 4) is 0 Å². The van der Waals surface area contributed by atoms with E-state index in [1.807, 2.05) is 13.8 Å². The van der Waals surface area contributed by atoms with Crippen LogP contribution in [0.2, 0.25) is 0 Å². The van der Waals surface area contributed by atoms with Crippen molar-refractivity contribution in [2.45, 2.75) is 20.0 Å². The average Bonchev–Trinajstić information content (AvgIpc) is 2.63. The van der Waals surface area contributed by atoms with E-state index in [2.05, 4.69) is 5.32 Å². The van der Waals surface area contributed by atoms with Crippen molar-refractivity contribution < 1.29 is 27.5 Å². The molecule has 1 saturated heterocycles. The highest BCUT2D eigenvalue weighted by molar-refractivity contribution is 5.81. The van der Waals surface area contributed by atoms with E-state index in [0.717, 1.165) is 12.1 Å². The van der Waals surface area contributed by atoms with E-state index in [4.69, 9.17) is 4.74 Å². The highest BCUT2D eigenvalue weighted by atomic mass is 19.4. The number of hydrogen-bond donors (Lipinski definition) is 1. The fraction of sp³-hybridized carbons (Fsp3) is 0.556. The fourth-order valence-electron chi connectivity index (χ4n) is 2.56. The van der Waals surface area contributed by atoms with E-state index in [1.54, 1.807) is 9.80 Å². The first-order valence-electron chi connectivity index (χ1n) is 8.77. The molecular weight excluding hydrogens is 363 g/mol. The van der Waals surface area contributed by atoms with E-state index in [9.17, 15) is 22.8 Å². The Bertz CT molecular complexity index is 657. The number of nitrogens with one attached hydrogen (secondary N) is 1. The molecule has 0 bridgehead atoms. The third-order valence-corrected chi connectivity index (χ3v) is 4.06. The molecule has 1 heterocycles. The minimum absolute atomic E-state index is 0.112. The number of benzene rings is 1. The van der Waals surface area contributed by atoms with Crippen LogP contribution in [0.15, 0.2) is 24.3 Å². The largest absolute Gasteiger partial charge is 0.449 e. The summed E-state index contributed by atoms with van der Waals surface area (Å²) < 4.78 is 43.3. The summed E-state index contributed by atoms with van der Waals surface area (Å²) in [6, 6.07) is 4.71. The van der Waals surface area contributed by atoms with Gasteiger partial charge in [-0.2, -0.15) is 13.2 Å². The van der Waals surface area contributed by atoms with Crippen molar-refractivity contribution in [3.63, 3.8) is 0 Å². The van der Waals surface area contributed by atoms with Gasteiger partial charge in [0.05, 0.1) is 18.7 Å². The second kappa shape index (κ2) is 8.96. The molecule has 1 aromatic rings. The molecule has 2 rings (SSSR count). The van der Waals surface area contributed by atoms with Gasteiger partial charge < -0.3 is 19.9 Å². The second-order valence-corrected chi connectivity index (χ2v) is 6.77. The molecule has 2 amide bonds. The predicted octanol–water partition coefficient (Wildman–Crippen LogP) is 3.05. The Morgan fingerprint density at radius 2 is 1.78 bits per heavy atom. The van der Waals surface area contributed by atoms with Gasteiger partial charge in [-0.15, -0.1) is 0 Å². The maximum atomic E-state index is 12.7. The monoisotopic (exact) mass is 387 g/mol. The Morgan fingerprint density at radius 3 is 2.37 bits per heavy atom. The van der Waals surface area contributed by atoms with E-state index in [1.165, 1.54) is 12.1 Å². The van der Waals surface area contributed by atoms with Gasteiger partial charge in [0.1, 0.15) is 0 Å². The molecule has 6 nitrogen and oxygen atoms in total. The highest BCUT2D eigenvalue weighted by Crippen LogP contribution is 2.30. The summed E-state index contributed by atoms with van der Waals surface area (Å²) in [6.45, 7) is 5.58. The van der Waals surface area contributed by atoms with Crippen LogP contribution in [0.25, 0.3) is 0 Å². The molecule has 27 heavy (non-hydrogen) atoms. The number of carbonyl (C=O) groups excluding carboxylic acids is 2. The van der Waals surface area contributed by atoms with Gasteiger partial charge in [0.15, 0.2) is 0 Å². The summed E-state index contributed by atoms with van der Waals surface area (Å²) in [7, 11) is 0. The Hall–Kier alpha value is -2.45. The molecule has 0 saturated carbocycles. The summed E-state index contributed by atoms with van der Waals surface area (Å²) >= 11 is 0. The van der Waals surface area contributed by atoms with Crippen LogP contribution in [0.1, 0.15) is 19.4 Å². The van der Waals surface area contributed by atoms with Gasteiger partial charge in [0.2, 0.25) is 5.91 Å². The lowest BCUT2D eigenvalue weighted by Gasteiger charge is -2.34. The van der Waals surface area contributed by atoms with Crippen LogP contribution in [0, 0.1) is 5.92 Å². The Morgan fingerprint density at radius 1 is 1.15 bits per heavy atom. The maximum Gasteiger partial charge on any atom is 0.416 e. The molecule has 1 N–H and O–H groups in total. The molecule has 9 heteroatoms. The van der Waals surface area contributed by atoms with Crippen LogP contribution >= 0.6 is 0 Å². The first-order valence-corrected chi connectivity index (χ1v) is 8.77. The number of anilines is 1. The lowest BCUT2D eigenvalue weighted by atomic mass is 10.2. The lowest BCUT2D eigenvalue weighted by Crippen LogP contribution is -2.52. The minimum atomic E-state index is -4.43. The molecule has 1 aromatic carbocycles. The molecule has 1 aliphatic heterocycles. The van der Waals surface area contributed by atoms with Gasteiger partial charge in [-0.3, -0.25) is 4.79 Å². The SMILES string of the molecule is CC(C)COC(=O)N1CCN(C(=O)CNc2cccc(C(F)(F)F)c2)CC1. The van der Waals surface area contributed by atoms with Crippen molar-refractivity contribution >= 4 is 17.7 Å². The number of carbonyl (C=O) groups is 2. The van der Waals surface area contributed by atoms with Crippen molar-refractivity contribution in [2.75, 3.05) is 44.6 Å². The van der Waals surface area contributed by atoms with Crippen molar-refractivity contribution in [3.05, 3.63) is 29.8 Å². The van der Waals surface area contributed by atoms with Gasteiger partial charge in [0.25, 0.3) is 0 Å². The smallest absolute Gasteiger partial charge is 0.416 e. The molecule has 0 aliphatic carbocycles. The van der Waals surface area contributed by atoms with Crippen molar-refractivity contribution in [1.29, 1.82) is 0 Å². The number of ether oxygens (including phenoxy) is 1. The number of halogens is 3. The maximum absolute atomic E-state index is 12.7. The van der Waals surface area contributed by atoms with Gasteiger partial charge in [-0.1, -0.05) is 19.9 Å². The van der Waals surface area contributed by atoms with Gasteiger partial charge in [-0.25, -0.2) is 4.79 Å². The van der Waals surface area contributed by atoms with Gasteiger partial charge in [-0.05, 0) is 24.1 Å². The predicted molar refractivity (Wildman–Crippen MR) is 94.3 cm³/mol. The van der Waals surface area contributed by atoms with E-state index in [-0.39, 0.29) is 24.1 Å². The Balaban J connectivity index is 1.79. The van der Waals surface area contributed by atoms with Crippen LogP contribution in [0.3, 0.4) is 0 Å². The van der Waals surface area contributed by atoms with Crippen LogP contribution in [-0.2, 0) is 15.7 Å². The zero-order valence-electron chi connectivity index (χ0n) is 15.4. The van der Waals surface area contributed by atoms with Crippen molar-refractivity contribution in [1.82, 2.24) is 9.80 Å². The normalized spacial score (nSPS) is 15.0. The summed E-state index contributed by atoms with van der Waals surface area (Å²) in [5.41, 5.74) is -0.539. The standard InChI is InChI=1S/C18H24F3N3O3/c1-13(2)12-27-17(26)24-8-6-23(7-9-24)16(25)11-22-15-5-3-4-14(10-15)18(19,20)21/h3-5,10,13,22H,6-9,11-12H2,1-2H3. The molecule has 1 aliphatic rings. The molecule has 150 valence electrons. The van der Waals surface area contributed by atoms with Gasteiger partial charge >= 0.3 is 12.3 Å². The van der Waals surface area contributed by atoms with Gasteiger partial charge in [0, 0.05) is 31.9 Å². The van der Waals surface area contributed by atoms with E-state index in [0.29, 0.717) is 32.8 Å². The summed E-state index contributed by atoms with van der Waals surface area (Å²) in [6.07, 6.45) is -4.82. The summed E-state index contributed by atoms with van der Waals surface area (Å²) in [4.78, 5) is 27.3. The van der Waals surface area contributed by atoms with E-state index >= 15 is 0 Å². The second-order valence-electron chi connectivity index (χ2n) is 6.77. The molecule has 0 radical (unpaired) electrons. The summed E-state index contributed by atoms with van der Waals surface area (Å²) in [5.74, 6) is 0.0151. The number of alkyl halides is 3. The molecule has 1 fully saturated rings. The van der Waals surface area contributed by atoms with Crippen molar-refractivity contribution in [2.24, 2.45) is 5.92 Å².